The minimum atomic E-state index is 0.338. The normalized spacial score (nSPS) is 15.2. The molecular weight excluding hydrogens is 463 g/mol. The number of aromatic nitrogens is 5. The van der Waals surface area contributed by atoms with Crippen LogP contribution in [0.4, 0.5) is 0 Å². The summed E-state index contributed by atoms with van der Waals surface area (Å²) in [6.07, 6.45) is 5.61. The van der Waals surface area contributed by atoms with Gasteiger partial charge in [-0.3, -0.25) is 0 Å². The second-order valence-electron chi connectivity index (χ2n) is 4.91. The van der Waals surface area contributed by atoms with E-state index in [0.29, 0.717) is 38.0 Å². The summed E-state index contributed by atoms with van der Waals surface area (Å²) in [5.74, 6) is 0.606. The molecule has 1 saturated heterocycles. The Balaban J connectivity index is 1.87. The van der Waals surface area contributed by atoms with Crippen LogP contribution in [0.3, 0.4) is 0 Å². The molecule has 0 aliphatic carbocycles. The molecule has 4 heterocycles. The van der Waals surface area contributed by atoms with Gasteiger partial charge < -0.3 is 0 Å². The third-order valence-electron chi connectivity index (χ3n) is 3.65. The molecular formula is C13H12N5O2Tl. The van der Waals surface area contributed by atoms with Gasteiger partial charge in [0.2, 0.25) is 0 Å². The SMILES string of the molecule is COc1nccc2c1c(-c1cnn(C3COC3)c1)n[n]2[Tl]. The molecule has 0 N–H and O–H groups in total. The Morgan fingerprint density at radius 1 is 1.43 bits per heavy atom. The first-order valence-electron chi connectivity index (χ1n) is 6.57. The fourth-order valence-corrected chi connectivity index (χ4v) is 3.74. The molecule has 0 aromatic carbocycles. The molecule has 3 aromatic heterocycles. The molecule has 3 aromatic rings. The predicted molar refractivity (Wildman–Crippen MR) is 76.3 cm³/mol. The van der Waals surface area contributed by atoms with Crippen LogP contribution in [0.1, 0.15) is 6.04 Å². The van der Waals surface area contributed by atoms with Crippen molar-refractivity contribution in [1.29, 1.82) is 0 Å². The molecule has 1 fully saturated rings. The van der Waals surface area contributed by atoms with Crippen LogP contribution in [-0.4, -0.2) is 68.7 Å². The average molecular weight is 475 g/mol. The first-order valence-corrected chi connectivity index (χ1v) is 8.57. The standard InChI is InChI=1S/C13H12N5O2.Tl/c1-19-13-11-10(2-3-14-13)16-17-12(11)8-4-15-18(5-8)9-6-20-7-9;/h2-5,9H,6-7H2,1H3;/q-1;+1. The second-order valence-corrected chi connectivity index (χ2v) is 6.81. The van der Waals surface area contributed by atoms with Crippen LogP contribution < -0.4 is 4.74 Å². The van der Waals surface area contributed by atoms with E-state index < -0.39 is 0 Å². The van der Waals surface area contributed by atoms with Gasteiger partial charge in [0, 0.05) is 0 Å². The first-order chi connectivity index (χ1) is 10.3. The fraction of sp³-hybridized carbons (Fsp3) is 0.308. The van der Waals surface area contributed by atoms with Crippen molar-refractivity contribution in [2.24, 2.45) is 0 Å². The summed E-state index contributed by atoms with van der Waals surface area (Å²) in [6, 6.07) is 2.31. The Hall–Kier alpha value is -1.49. The number of hydrogen-bond acceptors (Lipinski definition) is 5. The van der Waals surface area contributed by atoms with Crippen LogP contribution in [0.5, 0.6) is 5.88 Å². The molecule has 4 rings (SSSR count). The van der Waals surface area contributed by atoms with Gasteiger partial charge in [-0.15, -0.1) is 0 Å². The summed E-state index contributed by atoms with van der Waals surface area (Å²) < 4.78 is 14.6. The predicted octanol–water partition coefficient (Wildman–Crippen LogP) is 0.806. The van der Waals surface area contributed by atoms with Crippen LogP contribution >= 0.6 is 0 Å². The Labute approximate surface area is 137 Å². The van der Waals surface area contributed by atoms with E-state index in [1.54, 1.807) is 13.3 Å². The molecule has 0 unspecified atom stereocenters. The van der Waals surface area contributed by atoms with Gasteiger partial charge in [0.25, 0.3) is 0 Å². The molecule has 0 radical (unpaired) electrons. The van der Waals surface area contributed by atoms with Crippen LogP contribution in [0.25, 0.3) is 22.2 Å². The van der Waals surface area contributed by atoms with E-state index in [1.165, 1.54) is 0 Å². The van der Waals surface area contributed by atoms with Crippen molar-refractivity contribution < 1.29 is 9.47 Å². The van der Waals surface area contributed by atoms with Gasteiger partial charge in [0.1, 0.15) is 0 Å². The van der Waals surface area contributed by atoms with Gasteiger partial charge in [-0.05, 0) is 0 Å². The quantitative estimate of drug-likeness (QED) is 0.526. The zero-order valence-corrected chi connectivity index (χ0v) is 15.9. The topological polar surface area (TPSA) is 67.0 Å². The summed E-state index contributed by atoms with van der Waals surface area (Å²) in [5, 5.41) is 10.0. The number of pyridine rings is 1. The van der Waals surface area contributed by atoms with Gasteiger partial charge in [-0.25, -0.2) is 0 Å². The van der Waals surface area contributed by atoms with E-state index in [1.807, 2.05) is 25.6 Å². The maximum atomic E-state index is 5.40. The van der Waals surface area contributed by atoms with E-state index in [4.69, 9.17) is 9.47 Å². The van der Waals surface area contributed by atoms with E-state index in [-0.39, 0.29) is 0 Å². The fourth-order valence-electron chi connectivity index (χ4n) is 2.45. The number of nitrogens with zero attached hydrogens (tertiary/aromatic N) is 5. The maximum absolute atomic E-state index is 5.40. The number of methoxy groups -OCH3 is 1. The second kappa shape index (κ2) is 5.06. The summed E-state index contributed by atoms with van der Waals surface area (Å²) in [7, 11) is 1.63. The number of ether oxygens (including phenoxy) is 2. The molecule has 0 amide bonds. The summed E-state index contributed by atoms with van der Waals surface area (Å²) >= 11 is 0.577. The summed E-state index contributed by atoms with van der Waals surface area (Å²) in [5.41, 5.74) is 2.92. The van der Waals surface area contributed by atoms with Crippen molar-refractivity contribution in [2.45, 2.75) is 6.04 Å². The molecule has 21 heavy (non-hydrogen) atoms. The number of hydrogen-bond donors (Lipinski definition) is 0. The average Bonchev–Trinajstić information content (AvgIpc) is 3.02. The van der Waals surface area contributed by atoms with Crippen molar-refractivity contribution in [1.82, 2.24) is 22.4 Å². The van der Waals surface area contributed by atoms with E-state index in [0.717, 1.165) is 35.4 Å². The third-order valence-corrected chi connectivity index (χ3v) is 5.18. The van der Waals surface area contributed by atoms with Crippen LogP contribution in [0.15, 0.2) is 24.7 Å². The third kappa shape index (κ3) is 2.06. The van der Waals surface area contributed by atoms with Gasteiger partial charge in [0.15, 0.2) is 0 Å². The number of fused-ring (bicyclic) bond motifs is 1. The Morgan fingerprint density at radius 3 is 3.00 bits per heavy atom. The molecule has 8 heteroatoms. The molecule has 0 atom stereocenters. The molecule has 0 saturated carbocycles. The zero-order chi connectivity index (χ0) is 14.4. The first kappa shape index (κ1) is 13.2. The van der Waals surface area contributed by atoms with Gasteiger partial charge in [-0.1, -0.05) is 0 Å². The van der Waals surface area contributed by atoms with Gasteiger partial charge in [0.05, 0.1) is 0 Å². The Bertz CT molecular complexity index is 808. The van der Waals surface area contributed by atoms with E-state index in [2.05, 4.69) is 15.2 Å². The van der Waals surface area contributed by atoms with Gasteiger partial charge in [-0.2, -0.15) is 0 Å². The van der Waals surface area contributed by atoms with E-state index in [9.17, 15) is 0 Å². The molecule has 1 aliphatic rings. The zero-order valence-electron chi connectivity index (χ0n) is 11.4. The molecule has 7 nitrogen and oxygen atoms in total. The molecule has 1 aliphatic heterocycles. The molecule has 0 bridgehead atoms. The monoisotopic (exact) mass is 475 g/mol. The Morgan fingerprint density at radius 2 is 2.29 bits per heavy atom. The van der Waals surface area contributed by atoms with Crippen molar-refractivity contribution >= 4 is 37.0 Å². The van der Waals surface area contributed by atoms with Crippen LogP contribution in [0, 0.1) is 0 Å². The molecule has 104 valence electrons. The minimum absolute atomic E-state index is 0.338. The molecule has 0 spiro atoms. The Kier molecular flexibility index (Phi) is 3.18. The van der Waals surface area contributed by atoms with Crippen LogP contribution in [-0.2, 0) is 4.74 Å². The van der Waals surface area contributed by atoms with Crippen molar-refractivity contribution in [2.75, 3.05) is 20.3 Å². The van der Waals surface area contributed by atoms with E-state index >= 15 is 0 Å². The summed E-state index contributed by atoms with van der Waals surface area (Å²) in [6.45, 7) is 1.45. The summed E-state index contributed by atoms with van der Waals surface area (Å²) in [4.78, 5) is 4.29. The van der Waals surface area contributed by atoms with Crippen LogP contribution in [0.2, 0.25) is 0 Å². The van der Waals surface area contributed by atoms with Crippen molar-refractivity contribution in [3.8, 4) is 17.1 Å². The van der Waals surface area contributed by atoms with Crippen molar-refractivity contribution in [3.05, 3.63) is 24.7 Å². The van der Waals surface area contributed by atoms with Gasteiger partial charge >= 0.3 is 137 Å². The van der Waals surface area contributed by atoms with Crippen molar-refractivity contribution in [3.63, 3.8) is 0 Å². The number of rotatable bonds is 3.